The smallest absolute Gasteiger partial charge is 0.133 e. The molecule has 17 heavy (non-hydrogen) atoms. The molecule has 0 spiro atoms. The fourth-order valence-electron chi connectivity index (χ4n) is 1.82. The van der Waals surface area contributed by atoms with Gasteiger partial charge in [0, 0.05) is 10.4 Å². The summed E-state index contributed by atoms with van der Waals surface area (Å²) in [6.07, 6.45) is 0.958. The molecule has 0 N–H and O–H groups in total. The van der Waals surface area contributed by atoms with E-state index in [-0.39, 0.29) is 5.82 Å². The second kappa shape index (κ2) is 4.96. The minimum Gasteiger partial charge on any atom is -0.240 e. The third-order valence-corrected chi connectivity index (χ3v) is 3.95. The van der Waals surface area contributed by atoms with E-state index in [4.69, 9.17) is 0 Å². The molecule has 3 heteroatoms. The Morgan fingerprint density at radius 3 is 2.53 bits per heavy atom. The number of aromatic nitrogens is 1. The van der Waals surface area contributed by atoms with Crippen LogP contribution in [0.3, 0.4) is 0 Å². The summed E-state index contributed by atoms with van der Waals surface area (Å²) in [5.41, 5.74) is 1.72. The van der Waals surface area contributed by atoms with Gasteiger partial charge in [0.2, 0.25) is 0 Å². The van der Waals surface area contributed by atoms with Crippen molar-refractivity contribution in [3.05, 3.63) is 40.7 Å². The molecule has 1 aromatic carbocycles. The monoisotopic (exact) mass is 249 g/mol. The van der Waals surface area contributed by atoms with Crippen molar-refractivity contribution < 1.29 is 4.39 Å². The summed E-state index contributed by atoms with van der Waals surface area (Å²) in [5, 5.41) is 0.795. The first-order valence-corrected chi connectivity index (χ1v) is 6.69. The van der Waals surface area contributed by atoms with E-state index in [1.807, 2.05) is 6.07 Å². The third-order valence-electron chi connectivity index (χ3n) is 2.70. The molecule has 0 aliphatic rings. The number of rotatable bonds is 3. The molecule has 0 unspecified atom stereocenters. The van der Waals surface area contributed by atoms with Crippen LogP contribution in [-0.2, 0) is 6.42 Å². The highest BCUT2D eigenvalue weighted by Gasteiger charge is 2.15. The highest BCUT2D eigenvalue weighted by molar-refractivity contribution is 7.15. The minimum absolute atomic E-state index is 0.195. The lowest BCUT2D eigenvalue weighted by atomic mass is 10.1. The zero-order valence-electron chi connectivity index (χ0n) is 10.3. The van der Waals surface area contributed by atoms with Crippen LogP contribution >= 0.6 is 11.3 Å². The Kier molecular flexibility index (Phi) is 3.57. The Hall–Kier alpha value is -1.22. The van der Waals surface area contributed by atoms with Gasteiger partial charge in [-0.1, -0.05) is 32.9 Å². The fraction of sp³-hybridized carbons (Fsp3) is 0.357. The molecule has 0 saturated carbocycles. The van der Waals surface area contributed by atoms with Gasteiger partial charge in [0.05, 0.1) is 5.69 Å². The Morgan fingerprint density at radius 1 is 1.29 bits per heavy atom. The molecule has 0 atom stereocenters. The molecule has 90 valence electrons. The molecular formula is C14H16FNS. The number of benzene rings is 1. The van der Waals surface area contributed by atoms with Crippen molar-refractivity contribution in [1.82, 2.24) is 4.98 Å². The van der Waals surface area contributed by atoms with E-state index in [1.54, 1.807) is 23.5 Å². The predicted octanol–water partition coefficient (Wildman–Crippen LogP) is 4.64. The molecule has 2 aromatic rings. The van der Waals surface area contributed by atoms with Crippen LogP contribution in [-0.4, -0.2) is 4.98 Å². The van der Waals surface area contributed by atoms with Crippen molar-refractivity contribution in [2.75, 3.05) is 0 Å². The topological polar surface area (TPSA) is 12.9 Å². The lowest BCUT2D eigenvalue weighted by molar-refractivity contribution is 0.631. The molecule has 0 aliphatic carbocycles. The van der Waals surface area contributed by atoms with Gasteiger partial charge in [0.1, 0.15) is 10.8 Å². The third kappa shape index (κ3) is 2.39. The van der Waals surface area contributed by atoms with E-state index >= 15 is 0 Å². The molecule has 0 bridgehead atoms. The second-order valence-corrected chi connectivity index (χ2v) is 5.40. The largest absolute Gasteiger partial charge is 0.240 e. The molecule has 1 heterocycles. The molecule has 0 fully saturated rings. The summed E-state index contributed by atoms with van der Waals surface area (Å²) < 4.78 is 13.7. The normalized spacial score (nSPS) is 11.1. The zero-order chi connectivity index (χ0) is 12.4. The molecular weight excluding hydrogens is 233 g/mol. The Bertz CT molecular complexity index is 517. The van der Waals surface area contributed by atoms with Crippen molar-refractivity contribution in [2.45, 2.75) is 33.1 Å². The quantitative estimate of drug-likeness (QED) is 0.772. The Balaban J connectivity index is 2.51. The van der Waals surface area contributed by atoms with Gasteiger partial charge in [-0.2, -0.15) is 0 Å². The van der Waals surface area contributed by atoms with Gasteiger partial charge in [-0.25, -0.2) is 9.37 Å². The highest BCUT2D eigenvalue weighted by Crippen LogP contribution is 2.33. The van der Waals surface area contributed by atoms with E-state index in [0.29, 0.717) is 11.5 Å². The lowest BCUT2D eigenvalue weighted by Crippen LogP contribution is -1.92. The van der Waals surface area contributed by atoms with E-state index in [9.17, 15) is 4.39 Å². The van der Waals surface area contributed by atoms with Crippen molar-refractivity contribution >= 4 is 11.3 Å². The van der Waals surface area contributed by atoms with Crippen LogP contribution in [0.15, 0.2) is 24.3 Å². The van der Waals surface area contributed by atoms with Crippen LogP contribution in [0.2, 0.25) is 0 Å². The summed E-state index contributed by atoms with van der Waals surface area (Å²) in [4.78, 5) is 5.85. The molecule has 0 radical (unpaired) electrons. The van der Waals surface area contributed by atoms with Crippen LogP contribution < -0.4 is 0 Å². The first kappa shape index (κ1) is 12.2. The minimum atomic E-state index is -0.195. The van der Waals surface area contributed by atoms with Crippen molar-refractivity contribution in [2.24, 2.45) is 0 Å². The fourth-order valence-corrected chi connectivity index (χ4v) is 3.00. The first-order valence-electron chi connectivity index (χ1n) is 5.88. The summed E-state index contributed by atoms with van der Waals surface area (Å²) in [6.45, 7) is 6.36. The molecule has 1 nitrogen and oxygen atoms in total. The van der Waals surface area contributed by atoms with Crippen LogP contribution in [0.4, 0.5) is 4.39 Å². The molecule has 1 aromatic heterocycles. The average Bonchev–Trinajstić information content (AvgIpc) is 2.73. The molecule has 0 amide bonds. The van der Waals surface area contributed by atoms with Gasteiger partial charge in [-0.3, -0.25) is 0 Å². The zero-order valence-corrected chi connectivity index (χ0v) is 11.1. The van der Waals surface area contributed by atoms with Crippen LogP contribution in [0, 0.1) is 5.82 Å². The maximum absolute atomic E-state index is 13.7. The van der Waals surface area contributed by atoms with Gasteiger partial charge in [0.25, 0.3) is 0 Å². The van der Waals surface area contributed by atoms with E-state index in [0.717, 1.165) is 17.1 Å². The van der Waals surface area contributed by atoms with Gasteiger partial charge >= 0.3 is 0 Å². The maximum Gasteiger partial charge on any atom is 0.133 e. The van der Waals surface area contributed by atoms with E-state index < -0.39 is 0 Å². The summed E-state index contributed by atoms with van der Waals surface area (Å²) in [6, 6.07) is 6.83. The number of nitrogens with zero attached hydrogens (tertiary/aromatic N) is 1. The van der Waals surface area contributed by atoms with Crippen LogP contribution in [0.5, 0.6) is 0 Å². The van der Waals surface area contributed by atoms with Crippen molar-refractivity contribution in [3.8, 4) is 10.6 Å². The molecule has 0 saturated heterocycles. The number of hydrogen-bond donors (Lipinski definition) is 0. The van der Waals surface area contributed by atoms with Gasteiger partial charge < -0.3 is 0 Å². The second-order valence-electron chi connectivity index (χ2n) is 4.32. The summed E-state index contributed by atoms with van der Waals surface area (Å²) in [5.74, 6) is 0.195. The van der Waals surface area contributed by atoms with Gasteiger partial charge in [0.15, 0.2) is 0 Å². The van der Waals surface area contributed by atoms with Crippen molar-refractivity contribution in [1.29, 1.82) is 0 Å². The van der Waals surface area contributed by atoms with Crippen molar-refractivity contribution in [3.63, 3.8) is 0 Å². The first-order chi connectivity index (χ1) is 8.13. The lowest BCUT2D eigenvalue weighted by Gasteiger charge is -2.01. The Morgan fingerprint density at radius 2 is 2.00 bits per heavy atom. The summed E-state index contributed by atoms with van der Waals surface area (Å²) in [7, 11) is 0. The maximum atomic E-state index is 13.7. The standard InChI is InChI=1S/C14H16FNS/c1-4-12-13(9(2)3)16-14(17-12)10-7-5-6-8-11(10)15/h5-9H,4H2,1-3H3. The average molecular weight is 249 g/mol. The molecule has 0 aliphatic heterocycles. The van der Waals surface area contributed by atoms with Gasteiger partial charge in [-0.15, -0.1) is 11.3 Å². The van der Waals surface area contributed by atoms with E-state index in [1.165, 1.54) is 10.9 Å². The predicted molar refractivity (Wildman–Crippen MR) is 71.0 cm³/mol. The highest BCUT2D eigenvalue weighted by atomic mass is 32.1. The Labute approximate surface area is 105 Å². The molecule has 2 rings (SSSR count). The van der Waals surface area contributed by atoms with Gasteiger partial charge in [-0.05, 0) is 24.5 Å². The SMILES string of the molecule is CCc1sc(-c2ccccc2F)nc1C(C)C. The number of aryl methyl sites for hydroxylation is 1. The number of halogens is 1. The van der Waals surface area contributed by atoms with Crippen LogP contribution in [0.1, 0.15) is 37.3 Å². The number of hydrogen-bond acceptors (Lipinski definition) is 2. The summed E-state index contributed by atoms with van der Waals surface area (Å²) >= 11 is 1.60. The van der Waals surface area contributed by atoms with E-state index in [2.05, 4.69) is 25.8 Å². The van der Waals surface area contributed by atoms with Crippen LogP contribution in [0.25, 0.3) is 10.6 Å². The number of thiazole rings is 1.